The number of nitrogens with zero attached hydrogens (tertiary/aromatic N) is 5. The van der Waals surface area contributed by atoms with Crippen molar-refractivity contribution < 1.29 is 8.78 Å². The first kappa shape index (κ1) is 25.8. The number of benzene rings is 2. The zero-order valence-electron chi connectivity index (χ0n) is 22.2. The molecule has 0 bridgehead atoms. The standard InChI is InChI=1S/C29H34F2N8/c1-20-2-3-23(14-22(20)18-37-10-5-32-6-11-37)35-29-34-17-21-4-9-39(28(21)36-29)24-15-26(30)25(27(31)16-24)19-38-12-7-33-8-13-38/h2-4,9,14-17,32-33H,5-8,10-13,18-19H2,1H3,(H,34,35,36). The van der Waals surface area contributed by atoms with E-state index in [4.69, 9.17) is 4.98 Å². The Balaban J connectivity index is 1.24. The van der Waals surface area contributed by atoms with E-state index in [-0.39, 0.29) is 12.1 Å². The lowest BCUT2D eigenvalue weighted by atomic mass is 10.1. The van der Waals surface area contributed by atoms with Gasteiger partial charge in [0.05, 0.1) is 5.69 Å². The highest BCUT2D eigenvalue weighted by molar-refractivity contribution is 5.79. The van der Waals surface area contributed by atoms with Crippen LogP contribution in [-0.4, -0.2) is 76.7 Å². The van der Waals surface area contributed by atoms with Crippen LogP contribution in [-0.2, 0) is 13.1 Å². The largest absolute Gasteiger partial charge is 0.324 e. The van der Waals surface area contributed by atoms with Crippen LogP contribution in [0, 0.1) is 18.6 Å². The molecule has 204 valence electrons. The van der Waals surface area contributed by atoms with Gasteiger partial charge in [-0.1, -0.05) is 6.07 Å². The molecule has 3 N–H and O–H groups in total. The maximum Gasteiger partial charge on any atom is 0.229 e. The predicted octanol–water partition coefficient (Wildman–Crippen LogP) is 3.56. The number of hydrogen-bond donors (Lipinski definition) is 3. The van der Waals surface area contributed by atoms with Crippen LogP contribution in [0.2, 0.25) is 0 Å². The van der Waals surface area contributed by atoms with Gasteiger partial charge in [0.1, 0.15) is 17.3 Å². The number of anilines is 2. The summed E-state index contributed by atoms with van der Waals surface area (Å²) in [7, 11) is 0. The molecule has 0 atom stereocenters. The monoisotopic (exact) mass is 532 g/mol. The van der Waals surface area contributed by atoms with E-state index in [0.717, 1.165) is 70.0 Å². The van der Waals surface area contributed by atoms with E-state index >= 15 is 8.78 Å². The maximum atomic E-state index is 15.1. The Morgan fingerprint density at radius 2 is 1.54 bits per heavy atom. The molecule has 2 aliphatic heterocycles. The van der Waals surface area contributed by atoms with Crippen LogP contribution in [0.25, 0.3) is 16.7 Å². The first-order valence-corrected chi connectivity index (χ1v) is 13.6. The number of hydrogen-bond acceptors (Lipinski definition) is 7. The summed E-state index contributed by atoms with van der Waals surface area (Å²) in [5.41, 5.74) is 4.48. The van der Waals surface area contributed by atoms with E-state index in [1.807, 2.05) is 12.1 Å². The SMILES string of the molecule is Cc1ccc(Nc2ncc3ccn(-c4cc(F)c(CN5CCNCC5)c(F)c4)c3n2)cc1CN1CCNCC1. The second-order valence-electron chi connectivity index (χ2n) is 10.4. The maximum absolute atomic E-state index is 15.1. The van der Waals surface area contributed by atoms with E-state index in [1.165, 1.54) is 23.3 Å². The van der Waals surface area contributed by atoms with Gasteiger partial charge in [-0.3, -0.25) is 9.80 Å². The third kappa shape index (κ3) is 5.79. The summed E-state index contributed by atoms with van der Waals surface area (Å²) in [5, 5.41) is 10.8. The normalized spacial score (nSPS) is 17.1. The first-order chi connectivity index (χ1) is 19.0. The fraction of sp³-hybridized carbons (Fsp3) is 0.379. The number of rotatable bonds is 7. The van der Waals surface area contributed by atoms with Gasteiger partial charge in [0.25, 0.3) is 0 Å². The quantitative estimate of drug-likeness (QED) is 0.336. The number of halogens is 2. The van der Waals surface area contributed by atoms with Gasteiger partial charge in [0.2, 0.25) is 5.95 Å². The van der Waals surface area contributed by atoms with E-state index in [2.05, 4.69) is 49.8 Å². The highest BCUT2D eigenvalue weighted by atomic mass is 19.1. The summed E-state index contributed by atoms with van der Waals surface area (Å²) in [6, 6.07) is 10.9. The molecule has 0 spiro atoms. The fourth-order valence-corrected chi connectivity index (χ4v) is 5.32. The Bertz CT molecular complexity index is 1430. The number of aromatic nitrogens is 3. The smallest absolute Gasteiger partial charge is 0.229 e. The summed E-state index contributed by atoms with van der Waals surface area (Å²) in [5.74, 6) is -0.667. The predicted molar refractivity (Wildman–Crippen MR) is 150 cm³/mol. The van der Waals surface area contributed by atoms with Gasteiger partial charge < -0.3 is 20.5 Å². The molecule has 39 heavy (non-hydrogen) atoms. The lowest BCUT2D eigenvalue weighted by Gasteiger charge is -2.28. The van der Waals surface area contributed by atoms with Crippen molar-refractivity contribution in [1.29, 1.82) is 0 Å². The van der Waals surface area contributed by atoms with Crippen LogP contribution < -0.4 is 16.0 Å². The number of fused-ring (bicyclic) bond motifs is 1. The average Bonchev–Trinajstić information content (AvgIpc) is 3.37. The Hall–Kier alpha value is -3.44. The number of nitrogens with one attached hydrogen (secondary N) is 3. The van der Waals surface area contributed by atoms with Crippen LogP contribution in [0.1, 0.15) is 16.7 Å². The summed E-state index contributed by atoms with van der Waals surface area (Å²) in [6.07, 6.45) is 3.49. The zero-order chi connectivity index (χ0) is 26.8. The molecule has 2 aromatic heterocycles. The van der Waals surface area contributed by atoms with E-state index in [0.29, 0.717) is 17.3 Å². The summed E-state index contributed by atoms with van der Waals surface area (Å²) in [6.45, 7) is 10.6. The van der Waals surface area contributed by atoms with Crippen LogP contribution in [0.5, 0.6) is 0 Å². The lowest BCUT2D eigenvalue weighted by Crippen LogP contribution is -2.43. The minimum atomic E-state index is -0.547. The Labute approximate surface area is 227 Å². The third-order valence-electron chi connectivity index (χ3n) is 7.63. The summed E-state index contributed by atoms with van der Waals surface area (Å²) >= 11 is 0. The van der Waals surface area contributed by atoms with Crippen molar-refractivity contribution >= 4 is 22.7 Å². The molecule has 8 nitrogen and oxygen atoms in total. The van der Waals surface area contributed by atoms with Gasteiger partial charge >= 0.3 is 0 Å². The topological polar surface area (TPSA) is 73.3 Å². The van der Waals surface area contributed by atoms with Crippen molar-refractivity contribution in [2.75, 3.05) is 57.7 Å². The highest BCUT2D eigenvalue weighted by Crippen LogP contribution is 2.26. The molecule has 2 aliphatic rings. The zero-order valence-corrected chi connectivity index (χ0v) is 22.2. The molecule has 0 saturated carbocycles. The molecule has 6 rings (SSSR count). The van der Waals surface area contributed by atoms with Gasteiger partial charge in [0, 0.05) is 94.5 Å². The molecule has 0 unspecified atom stereocenters. The molecular formula is C29H34F2N8. The van der Waals surface area contributed by atoms with E-state index in [9.17, 15) is 0 Å². The molecule has 10 heteroatoms. The van der Waals surface area contributed by atoms with Crippen molar-refractivity contribution in [1.82, 2.24) is 35.0 Å². The first-order valence-electron chi connectivity index (χ1n) is 13.6. The molecule has 0 radical (unpaired) electrons. The minimum Gasteiger partial charge on any atom is -0.324 e. The third-order valence-corrected chi connectivity index (χ3v) is 7.63. The molecule has 2 saturated heterocycles. The molecule has 0 amide bonds. The molecule has 2 fully saturated rings. The Kier molecular flexibility index (Phi) is 7.51. The van der Waals surface area contributed by atoms with Gasteiger partial charge in [0.15, 0.2) is 0 Å². The molecule has 0 aliphatic carbocycles. The van der Waals surface area contributed by atoms with Crippen LogP contribution in [0.15, 0.2) is 48.8 Å². The molecule has 4 aromatic rings. The van der Waals surface area contributed by atoms with Crippen molar-refractivity contribution in [3.63, 3.8) is 0 Å². The van der Waals surface area contributed by atoms with Crippen LogP contribution in [0.3, 0.4) is 0 Å². The summed E-state index contributed by atoms with van der Waals surface area (Å²) < 4.78 is 31.9. The van der Waals surface area contributed by atoms with Gasteiger partial charge in [-0.2, -0.15) is 4.98 Å². The average molecular weight is 533 g/mol. The second-order valence-corrected chi connectivity index (χ2v) is 10.4. The van der Waals surface area contributed by atoms with Crippen molar-refractivity contribution in [3.05, 3.63) is 77.1 Å². The van der Waals surface area contributed by atoms with Crippen LogP contribution >= 0.6 is 0 Å². The molecular weight excluding hydrogens is 498 g/mol. The highest BCUT2D eigenvalue weighted by Gasteiger charge is 2.19. The van der Waals surface area contributed by atoms with Gasteiger partial charge in [-0.05, 0) is 48.4 Å². The minimum absolute atomic E-state index is 0.102. The van der Waals surface area contributed by atoms with E-state index < -0.39 is 11.6 Å². The van der Waals surface area contributed by atoms with Gasteiger partial charge in [-0.15, -0.1) is 0 Å². The van der Waals surface area contributed by atoms with E-state index in [1.54, 1.807) is 17.0 Å². The Morgan fingerprint density at radius 1 is 0.872 bits per heavy atom. The molecule has 2 aromatic carbocycles. The van der Waals surface area contributed by atoms with Crippen molar-refractivity contribution in [2.45, 2.75) is 20.0 Å². The van der Waals surface area contributed by atoms with Crippen molar-refractivity contribution in [3.8, 4) is 5.69 Å². The molecule has 4 heterocycles. The Morgan fingerprint density at radius 3 is 2.23 bits per heavy atom. The lowest BCUT2D eigenvalue weighted by molar-refractivity contribution is 0.227. The number of piperazine rings is 2. The second kappa shape index (κ2) is 11.4. The summed E-state index contributed by atoms with van der Waals surface area (Å²) in [4.78, 5) is 13.7. The van der Waals surface area contributed by atoms with Gasteiger partial charge in [-0.25, -0.2) is 13.8 Å². The number of aryl methyl sites for hydroxylation is 1. The van der Waals surface area contributed by atoms with Crippen molar-refractivity contribution in [2.24, 2.45) is 0 Å². The fourth-order valence-electron chi connectivity index (χ4n) is 5.32. The van der Waals surface area contributed by atoms with Crippen LogP contribution in [0.4, 0.5) is 20.4 Å².